The van der Waals surface area contributed by atoms with E-state index in [2.05, 4.69) is 9.71 Å². The first kappa shape index (κ1) is 17.1. The lowest BCUT2D eigenvalue weighted by Crippen LogP contribution is -2.11. The number of sulfonamides is 1. The number of pyridine rings is 1. The van der Waals surface area contributed by atoms with Crippen LogP contribution in [-0.2, 0) is 10.0 Å². The predicted octanol–water partition coefficient (Wildman–Crippen LogP) is 4.83. The molecule has 4 aromatic rings. The smallest absolute Gasteiger partial charge is 0.271 e. The van der Waals surface area contributed by atoms with Gasteiger partial charge < -0.3 is 4.40 Å². The van der Waals surface area contributed by atoms with Crippen molar-refractivity contribution in [1.82, 2.24) is 9.38 Å². The highest BCUT2D eigenvalue weighted by Crippen LogP contribution is 2.28. The molecule has 1 N–H and O–H groups in total. The zero-order chi connectivity index (χ0) is 18.3. The summed E-state index contributed by atoms with van der Waals surface area (Å²) in [5.74, 6) is 0. The summed E-state index contributed by atoms with van der Waals surface area (Å²) in [5, 5.41) is 0. The molecule has 0 spiro atoms. The molecule has 0 aliphatic heterocycles. The van der Waals surface area contributed by atoms with Crippen molar-refractivity contribution in [3.05, 3.63) is 70.8 Å². The minimum absolute atomic E-state index is 0.183. The van der Waals surface area contributed by atoms with Crippen molar-refractivity contribution in [3.63, 3.8) is 0 Å². The second-order valence-electron chi connectivity index (χ2n) is 5.79. The number of hydrogen-bond donors (Lipinski definition) is 1. The summed E-state index contributed by atoms with van der Waals surface area (Å²) < 4.78 is 29.9. The molecule has 0 aliphatic carbocycles. The van der Waals surface area contributed by atoms with Crippen LogP contribution in [0.1, 0.15) is 5.56 Å². The maximum atomic E-state index is 12.3. The summed E-state index contributed by atoms with van der Waals surface area (Å²) in [6, 6.07) is 14.2. The molecule has 0 saturated carbocycles. The van der Waals surface area contributed by atoms with E-state index in [-0.39, 0.29) is 4.21 Å². The number of nitrogens with zero attached hydrogens (tertiary/aromatic N) is 2. The molecular formula is C18H14ClN3O2S2. The molecule has 0 aliphatic rings. The first-order valence-corrected chi connectivity index (χ1v) is 10.4. The summed E-state index contributed by atoms with van der Waals surface area (Å²) in [5.41, 5.74) is 4.23. The molecule has 0 bridgehead atoms. The first-order chi connectivity index (χ1) is 12.4. The average Bonchev–Trinajstić information content (AvgIpc) is 3.23. The van der Waals surface area contributed by atoms with Gasteiger partial charge in [-0.15, -0.1) is 11.3 Å². The molecule has 3 aromatic heterocycles. The second-order valence-corrected chi connectivity index (χ2v) is 9.41. The third kappa shape index (κ3) is 3.21. The van der Waals surface area contributed by atoms with Gasteiger partial charge in [0.2, 0.25) is 0 Å². The maximum absolute atomic E-state index is 12.3. The van der Waals surface area contributed by atoms with Crippen molar-refractivity contribution in [3.8, 4) is 11.3 Å². The average molecular weight is 404 g/mol. The number of nitrogens with one attached hydrogen (secondary N) is 1. The molecule has 0 saturated heterocycles. The number of aryl methyl sites for hydroxylation is 1. The third-order valence-corrected chi connectivity index (χ3v) is 7.03. The van der Waals surface area contributed by atoms with E-state index in [1.165, 1.54) is 6.07 Å². The van der Waals surface area contributed by atoms with Crippen LogP contribution in [0.2, 0.25) is 4.34 Å². The molecule has 8 heteroatoms. The summed E-state index contributed by atoms with van der Waals surface area (Å²) >= 11 is 6.84. The fraction of sp³-hybridized carbons (Fsp3) is 0.0556. The van der Waals surface area contributed by atoms with Crippen molar-refractivity contribution < 1.29 is 8.42 Å². The fourth-order valence-electron chi connectivity index (χ4n) is 2.65. The van der Waals surface area contributed by atoms with E-state index in [1.807, 2.05) is 48.0 Å². The summed E-state index contributed by atoms with van der Waals surface area (Å²) in [6.07, 6.45) is 3.91. The number of rotatable bonds is 4. The Bertz CT molecular complexity index is 1190. The van der Waals surface area contributed by atoms with Gasteiger partial charge in [0, 0.05) is 23.6 Å². The molecule has 4 rings (SSSR count). The molecule has 0 fully saturated rings. The quantitative estimate of drug-likeness (QED) is 0.531. The monoisotopic (exact) mass is 403 g/mol. The van der Waals surface area contributed by atoms with E-state index in [0.717, 1.165) is 33.8 Å². The topological polar surface area (TPSA) is 63.5 Å². The predicted molar refractivity (Wildman–Crippen MR) is 106 cm³/mol. The fourth-order valence-corrected chi connectivity index (χ4v) is 5.19. The van der Waals surface area contributed by atoms with Crippen LogP contribution in [0.4, 0.5) is 5.69 Å². The lowest BCUT2D eigenvalue weighted by Gasteiger charge is -2.06. The van der Waals surface area contributed by atoms with Gasteiger partial charge in [0.1, 0.15) is 9.86 Å². The van der Waals surface area contributed by atoms with E-state index in [4.69, 9.17) is 11.6 Å². The number of hydrogen-bond acceptors (Lipinski definition) is 4. The molecular weight excluding hydrogens is 390 g/mol. The number of halogens is 1. The molecule has 3 heterocycles. The Balaban J connectivity index is 1.61. The van der Waals surface area contributed by atoms with Crippen LogP contribution in [0.5, 0.6) is 0 Å². The van der Waals surface area contributed by atoms with Crippen LogP contribution in [0.15, 0.2) is 65.1 Å². The van der Waals surface area contributed by atoms with Gasteiger partial charge in [-0.05, 0) is 42.8 Å². The highest BCUT2D eigenvalue weighted by molar-refractivity contribution is 7.94. The lowest BCUT2D eigenvalue weighted by atomic mass is 10.1. The molecule has 0 amide bonds. The highest BCUT2D eigenvalue weighted by atomic mass is 35.5. The minimum Gasteiger partial charge on any atom is -0.306 e. The molecule has 26 heavy (non-hydrogen) atoms. The zero-order valence-electron chi connectivity index (χ0n) is 13.7. The summed E-state index contributed by atoms with van der Waals surface area (Å²) in [7, 11) is -3.63. The van der Waals surface area contributed by atoms with Gasteiger partial charge in [-0.3, -0.25) is 4.72 Å². The maximum Gasteiger partial charge on any atom is 0.271 e. The molecule has 5 nitrogen and oxygen atoms in total. The van der Waals surface area contributed by atoms with Gasteiger partial charge in [0.25, 0.3) is 10.0 Å². The van der Waals surface area contributed by atoms with Crippen molar-refractivity contribution >= 4 is 44.3 Å². The Hall–Kier alpha value is -2.35. The van der Waals surface area contributed by atoms with Crippen molar-refractivity contribution in [2.24, 2.45) is 0 Å². The number of thiophene rings is 1. The van der Waals surface area contributed by atoms with E-state index in [0.29, 0.717) is 10.0 Å². The van der Waals surface area contributed by atoms with Gasteiger partial charge in [-0.2, -0.15) is 0 Å². The number of imidazole rings is 1. The van der Waals surface area contributed by atoms with Gasteiger partial charge in [0.15, 0.2) is 0 Å². The number of aromatic nitrogens is 2. The summed E-state index contributed by atoms with van der Waals surface area (Å²) in [6.45, 7) is 2.01. The van der Waals surface area contributed by atoms with Crippen LogP contribution >= 0.6 is 22.9 Å². The van der Waals surface area contributed by atoms with E-state index < -0.39 is 10.0 Å². The van der Waals surface area contributed by atoms with Crippen LogP contribution in [0.25, 0.3) is 16.9 Å². The lowest BCUT2D eigenvalue weighted by molar-refractivity contribution is 0.603. The second kappa shape index (κ2) is 6.42. The zero-order valence-corrected chi connectivity index (χ0v) is 16.1. The Morgan fingerprint density at radius 3 is 2.54 bits per heavy atom. The van der Waals surface area contributed by atoms with Crippen LogP contribution in [0, 0.1) is 6.92 Å². The highest BCUT2D eigenvalue weighted by Gasteiger charge is 2.16. The molecule has 0 unspecified atom stereocenters. The van der Waals surface area contributed by atoms with Crippen LogP contribution < -0.4 is 4.72 Å². The minimum atomic E-state index is -3.63. The molecule has 0 radical (unpaired) electrons. The van der Waals surface area contributed by atoms with Gasteiger partial charge in [-0.25, -0.2) is 13.4 Å². The van der Waals surface area contributed by atoms with Crippen molar-refractivity contribution in [1.29, 1.82) is 0 Å². The van der Waals surface area contributed by atoms with Gasteiger partial charge >= 0.3 is 0 Å². The van der Waals surface area contributed by atoms with Crippen LogP contribution in [0.3, 0.4) is 0 Å². The molecule has 132 valence electrons. The Morgan fingerprint density at radius 2 is 1.88 bits per heavy atom. The van der Waals surface area contributed by atoms with Crippen LogP contribution in [-0.4, -0.2) is 17.8 Å². The SMILES string of the molecule is Cc1cccn2cc(-c3ccc(NS(=O)(=O)c4ccc(Cl)s4)cc3)nc12. The van der Waals surface area contributed by atoms with E-state index in [1.54, 1.807) is 18.2 Å². The molecule has 0 atom stereocenters. The Morgan fingerprint density at radius 1 is 1.12 bits per heavy atom. The van der Waals surface area contributed by atoms with E-state index >= 15 is 0 Å². The van der Waals surface area contributed by atoms with Gasteiger partial charge in [0.05, 0.1) is 10.0 Å². The number of anilines is 1. The first-order valence-electron chi connectivity index (χ1n) is 7.75. The largest absolute Gasteiger partial charge is 0.306 e. The Labute approximate surface area is 160 Å². The third-order valence-electron chi connectivity index (χ3n) is 3.92. The van der Waals surface area contributed by atoms with Gasteiger partial charge in [-0.1, -0.05) is 29.8 Å². The number of benzene rings is 1. The van der Waals surface area contributed by atoms with E-state index in [9.17, 15) is 8.42 Å². The van der Waals surface area contributed by atoms with Crippen molar-refractivity contribution in [2.75, 3.05) is 4.72 Å². The molecule has 1 aromatic carbocycles. The summed E-state index contributed by atoms with van der Waals surface area (Å²) in [4.78, 5) is 4.65. The van der Waals surface area contributed by atoms with Crippen molar-refractivity contribution in [2.45, 2.75) is 11.1 Å². The Kier molecular flexibility index (Phi) is 4.22. The normalized spacial score (nSPS) is 11.8. The number of fused-ring (bicyclic) bond motifs is 1. The standard InChI is InChI=1S/C18H14ClN3O2S2/c1-12-3-2-10-22-11-15(20-18(12)22)13-4-6-14(7-5-13)21-26(23,24)17-9-8-16(19)25-17/h2-11,21H,1H3.